The lowest BCUT2D eigenvalue weighted by atomic mass is 10.2. The predicted octanol–water partition coefficient (Wildman–Crippen LogP) is 1.21. The molecule has 10 heteroatoms. The van der Waals surface area contributed by atoms with E-state index in [2.05, 4.69) is 20.8 Å². The van der Waals surface area contributed by atoms with Crippen molar-refractivity contribution in [2.24, 2.45) is 0 Å². The number of imide groups is 1. The van der Waals surface area contributed by atoms with Crippen molar-refractivity contribution in [2.45, 2.75) is 0 Å². The van der Waals surface area contributed by atoms with Crippen LogP contribution in [0.5, 0.6) is 5.75 Å². The van der Waals surface area contributed by atoms with Gasteiger partial charge in [-0.3, -0.25) is 15.4 Å². The smallest absolute Gasteiger partial charge is 0.367 e. The number of amides is 3. The normalized spacial score (nSPS) is 9.86. The Morgan fingerprint density at radius 1 is 1.23 bits per heavy atom. The molecule has 0 aliphatic rings. The van der Waals surface area contributed by atoms with E-state index in [0.29, 0.717) is 17.1 Å². The first-order chi connectivity index (χ1) is 10.5. The second-order valence-electron chi connectivity index (χ2n) is 3.83. The van der Waals surface area contributed by atoms with E-state index >= 15 is 0 Å². The van der Waals surface area contributed by atoms with E-state index in [0.717, 1.165) is 0 Å². The van der Waals surface area contributed by atoms with Crippen LogP contribution in [0.2, 0.25) is 0 Å². The minimum absolute atomic E-state index is 0.0391. The minimum Gasteiger partial charge on any atom is -0.496 e. The summed E-state index contributed by atoms with van der Waals surface area (Å²) in [4.78, 5) is 34.3. The quantitative estimate of drug-likeness (QED) is 0.771. The second kappa shape index (κ2) is 6.63. The molecule has 2 rings (SSSR count). The summed E-state index contributed by atoms with van der Waals surface area (Å²) in [5.74, 6) is -1.61. The van der Waals surface area contributed by atoms with E-state index < -0.39 is 17.9 Å². The van der Waals surface area contributed by atoms with E-state index in [9.17, 15) is 14.4 Å². The summed E-state index contributed by atoms with van der Waals surface area (Å²) in [7, 11) is 1.40. The molecule has 0 aliphatic carbocycles. The molecule has 0 fully saturated rings. The first-order valence-corrected chi connectivity index (χ1v) is 6.65. The zero-order valence-corrected chi connectivity index (χ0v) is 12.0. The molecule has 114 valence electrons. The number of aromatic nitrogens is 2. The van der Waals surface area contributed by atoms with Crippen molar-refractivity contribution in [3.8, 4) is 5.75 Å². The van der Waals surface area contributed by atoms with Gasteiger partial charge in [0.25, 0.3) is 5.91 Å². The second-order valence-corrected chi connectivity index (χ2v) is 4.80. The van der Waals surface area contributed by atoms with Crippen molar-refractivity contribution in [3.05, 3.63) is 34.8 Å². The van der Waals surface area contributed by atoms with Crippen LogP contribution in [0.15, 0.2) is 24.3 Å². The number of methoxy groups -OCH3 is 1. The number of nitrogens with zero attached hydrogens (tertiary/aromatic N) is 2. The summed E-state index contributed by atoms with van der Waals surface area (Å²) in [6.07, 6.45) is 0. The van der Waals surface area contributed by atoms with Crippen LogP contribution < -0.4 is 15.4 Å². The molecule has 1 heterocycles. The van der Waals surface area contributed by atoms with Crippen LogP contribution in [0.3, 0.4) is 0 Å². The van der Waals surface area contributed by atoms with Gasteiger partial charge in [-0.25, -0.2) is 9.59 Å². The molecule has 1 aromatic carbocycles. The number of hydrogen-bond donors (Lipinski definition) is 3. The fraction of sp³-hybridized carbons (Fsp3) is 0.0833. The zero-order chi connectivity index (χ0) is 16.1. The fourth-order valence-corrected chi connectivity index (χ4v) is 2.07. The third-order valence-corrected chi connectivity index (χ3v) is 3.23. The van der Waals surface area contributed by atoms with E-state index in [4.69, 9.17) is 9.84 Å². The maximum absolute atomic E-state index is 12.0. The van der Waals surface area contributed by atoms with Gasteiger partial charge >= 0.3 is 12.0 Å². The molecule has 0 saturated carbocycles. The standard InChI is InChI=1S/C12H10N4O5S/c1-21-7-5-3-2-4-6(7)8(17)13-11(20)14-12-16-15-9(22-12)10(18)19/h2-5H,1H3,(H,18,19)(H2,13,14,16,17,20). The average Bonchev–Trinajstić information content (AvgIpc) is 2.95. The van der Waals surface area contributed by atoms with E-state index in [1.54, 1.807) is 18.2 Å². The molecule has 0 spiro atoms. The van der Waals surface area contributed by atoms with Gasteiger partial charge in [0.1, 0.15) is 5.75 Å². The molecule has 0 bridgehead atoms. The zero-order valence-electron chi connectivity index (χ0n) is 11.2. The largest absolute Gasteiger partial charge is 0.496 e. The van der Waals surface area contributed by atoms with Crippen LogP contribution in [0, 0.1) is 0 Å². The Bertz CT molecular complexity index is 730. The fourth-order valence-electron chi connectivity index (χ4n) is 1.49. The number of carbonyl (C=O) groups is 3. The van der Waals surface area contributed by atoms with Gasteiger partial charge in [0, 0.05) is 0 Å². The number of hydrogen-bond acceptors (Lipinski definition) is 7. The lowest BCUT2D eigenvalue weighted by Gasteiger charge is -2.08. The van der Waals surface area contributed by atoms with Gasteiger partial charge in [-0.2, -0.15) is 0 Å². The number of carboxylic acids is 1. The molecule has 2 aromatic rings. The lowest BCUT2D eigenvalue weighted by molar-refractivity contribution is 0.0695. The number of urea groups is 1. The summed E-state index contributed by atoms with van der Waals surface area (Å²) in [6, 6.07) is 5.53. The van der Waals surface area contributed by atoms with Crippen LogP contribution in [-0.4, -0.2) is 40.3 Å². The van der Waals surface area contributed by atoms with Crippen molar-refractivity contribution in [1.29, 1.82) is 0 Å². The highest BCUT2D eigenvalue weighted by Gasteiger charge is 2.17. The molecule has 22 heavy (non-hydrogen) atoms. The summed E-state index contributed by atoms with van der Waals surface area (Å²) in [5.41, 5.74) is 0.184. The predicted molar refractivity (Wildman–Crippen MR) is 76.3 cm³/mol. The minimum atomic E-state index is -1.25. The number of benzene rings is 1. The van der Waals surface area contributed by atoms with Crippen LogP contribution in [-0.2, 0) is 0 Å². The first-order valence-electron chi connectivity index (χ1n) is 5.83. The molecular weight excluding hydrogens is 312 g/mol. The maximum Gasteiger partial charge on any atom is 0.367 e. The highest BCUT2D eigenvalue weighted by Crippen LogP contribution is 2.17. The molecule has 3 amide bonds. The van der Waals surface area contributed by atoms with Crippen molar-refractivity contribution in [3.63, 3.8) is 0 Å². The SMILES string of the molecule is COc1ccccc1C(=O)NC(=O)Nc1nnc(C(=O)O)s1. The van der Waals surface area contributed by atoms with Crippen molar-refractivity contribution in [1.82, 2.24) is 15.5 Å². The Balaban J connectivity index is 2.02. The summed E-state index contributed by atoms with van der Waals surface area (Å²) in [5, 5.41) is 19.5. The number of carbonyl (C=O) groups excluding carboxylic acids is 2. The highest BCUT2D eigenvalue weighted by atomic mass is 32.1. The number of anilines is 1. The molecule has 0 saturated heterocycles. The summed E-state index contributed by atoms with van der Waals surface area (Å²) < 4.78 is 5.02. The number of rotatable bonds is 4. The number of ether oxygens (including phenoxy) is 1. The highest BCUT2D eigenvalue weighted by molar-refractivity contribution is 7.17. The molecule has 0 aliphatic heterocycles. The van der Waals surface area contributed by atoms with Gasteiger partial charge in [0.05, 0.1) is 12.7 Å². The molecule has 1 aromatic heterocycles. The molecular formula is C12H10N4O5S. The van der Waals surface area contributed by atoms with Gasteiger partial charge in [-0.1, -0.05) is 23.5 Å². The van der Waals surface area contributed by atoms with Crippen molar-refractivity contribution < 1.29 is 24.2 Å². The van der Waals surface area contributed by atoms with Gasteiger partial charge in [-0.15, -0.1) is 10.2 Å². The van der Waals surface area contributed by atoms with E-state index in [-0.39, 0.29) is 15.7 Å². The molecule has 3 N–H and O–H groups in total. The molecule has 9 nitrogen and oxygen atoms in total. The molecule has 0 radical (unpaired) electrons. The van der Waals surface area contributed by atoms with Crippen molar-refractivity contribution in [2.75, 3.05) is 12.4 Å². The number of para-hydroxylation sites is 1. The number of nitrogens with one attached hydrogen (secondary N) is 2. The van der Waals surface area contributed by atoms with Crippen LogP contribution in [0.25, 0.3) is 0 Å². The molecule has 0 unspecified atom stereocenters. The van der Waals surface area contributed by atoms with E-state index in [1.165, 1.54) is 13.2 Å². The average molecular weight is 322 g/mol. The Labute approximate surface area is 127 Å². The van der Waals surface area contributed by atoms with Gasteiger partial charge in [-0.05, 0) is 12.1 Å². The Hall–Kier alpha value is -3.01. The van der Waals surface area contributed by atoms with Gasteiger partial charge < -0.3 is 9.84 Å². The maximum atomic E-state index is 12.0. The molecule has 0 atom stereocenters. The van der Waals surface area contributed by atoms with Crippen LogP contribution >= 0.6 is 11.3 Å². The Morgan fingerprint density at radius 3 is 2.59 bits per heavy atom. The third-order valence-electron chi connectivity index (χ3n) is 2.41. The lowest BCUT2D eigenvalue weighted by Crippen LogP contribution is -2.34. The summed E-state index contributed by atoms with van der Waals surface area (Å²) >= 11 is 0.670. The van der Waals surface area contributed by atoms with Gasteiger partial charge in [0.2, 0.25) is 10.1 Å². The van der Waals surface area contributed by atoms with E-state index in [1.807, 2.05) is 0 Å². The van der Waals surface area contributed by atoms with Crippen LogP contribution in [0.1, 0.15) is 20.2 Å². The first kappa shape index (κ1) is 15.4. The third kappa shape index (κ3) is 3.55. The Morgan fingerprint density at radius 2 is 1.95 bits per heavy atom. The summed E-state index contributed by atoms with van der Waals surface area (Å²) in [6.45, 7) is 0. The topological polar surface area (TPSA) is 131 Å². The number of carboxylic acid groups (broad SMARTS) is 1. The van der Waals surface area contributed by atoms with Crippen molar-refractivity contribution >= 4 is 34.4 Å². The number of aromatic carboxylic acids is 1. The van der Waals surface area contributed by atoms with Crippen LogP contribution in [0.4, 0.5) is 9.93 Å². The Kier molecular flexibility index (Phi) is 4.63. The monoisotopic (exact) mass is 322 g/mol. The van der Waals surface area contributed by atoms with Gasteiger partial charge in [0.15, 0.2) is 0 Å².